The first-order valence-electron chi connectivity index (χ1n) is 6.94. The summed E-state index contributed by atoms with van der Waals surface area (Å²) in [5.74, 6) is -0.539. The molecule has 0 aliphatic carbocycles. The fraction of sp³-hybridized carbons (Fsp3) is 0.125. The maximum Gasteiger partial charge on any atom is 0.269 e. The SMILES string of the molecule is C=CCN(Cc1cccc([N+](=O)[O-])c1)S(=O)(=O)c1ccc(F)cc1. The highest BCUT2D eigenvalue weighted by Gasteiger charge is 2.24. The summed E-state index contributed by atoms with van der Waals surface area (Å²) in [5, 5.41) is 10.8. The molecule has 0 bridgehead atoms. The Balaban J connectivity index is 2.35. The van der Waals surface area contributed by atoms with Crippen molar-refractivity contribution in [3.8, 4) is 0 Å². The summed E-state index contributed by atoms with van der Waals surface area (Å²) in [6.07, 6.45) is 1.42. The summed E-state index contributed by atoms with van der Waals surface area (Å²) in [5.41, 5.74) is 0.349. The van der Waals surface area contributed by atoms with Crippen molar-refractivity contribution >= 4 is 15.7 Å². The molecule has 0 radical (unpaired) electrons. The lowest BCUT2D eigenvalue weighted by molar-refractivity contribution is -0.384. The van der Waals surface area contributed by atoms with Gasteiger partial charge in [-0.3, -0.25) is 10.1 Å². The lowest BCUT2D eigenvalue weighted by Gasteiger charge is -2.20. The van der Waals surface area contributed by atoms with Gasteiger partial charge in [-0.25, -0.2) is 12.8 Å². The number of sulfonamides is 1. The average Bonchev–Trinajstić information content (AvgIpc) is 2.55. The second-order valence-electron chi connectivity index (χ2n) is 4.97. The van der Waals surface area contributed by atoms with Crippen molar-refractivity contribution in [1.29, 1.82) is 0 Å². The first kappa shape index (κ1) is 17.8. The molecule has 126 valence electrons. The summed E-state index contributed by atoms with van der Waals surface area (Å²) in [6, 6.07) is 10.2. The maximum atomic E-state index is 13.0. The smallest absolute Gasteiger partial charge is 0.258 e. The molecular formula is C16H15FN2O4S. The minimum atomic E-state index is -3.89. The summed E-state index contributed by atoms with van der Waals surface area (Å²) in [7, 11) is -3.89. The third kappa shape index (κ3) is 4.03. The van der Waals surface area contributed by atoms with E-state index >= 15 is 0 Å². The molecule has 0 heterocycles. The lowest BCUT2D eigenvalue weighted by Crippen LogP contribution is -2.30. The van der Waals surface area contributed by atoms with Crippen LogP contribution in [-0.4, -0.2) is 24.2 Å². The van der Waals surface area contributed by atoms with Gasteiger partial charge in [0.25, 0.3) is 5.69 Å². The maximum absolute atomic E-state index is 13.0. The summed E-state index contributed by atoms with van der Waals surface area (Å²) in [6.45, 7) is 3.49. The van der Waals surface area contributed by atoms with E-state index in [1.807, 2.05) is 0 Å². The monoisotopic (exact) mass is 350 g/mol. The fourth-order valence-corrected chi connectivity index (χ4v) is 3.52. The highest BCUT2D eigenvalue weighted by molar-refractivity contribution is 7.89. The molecule has 0 aliphatic heterocycles. The van der Waals surface area contributed by atoms with Crippen molar-refractivity contribution in [3.05, 3.63) is 82.7 Å². The van der Waals surface area contributed by atoms with E-state index in [-0.39, 0.29) is 23.7 Å². The van der Waals surface area contributed by atoms with Crippen molar-refractivity contribution in [2.45, 2.75) is 11.4 Å². The van der Waals surface area contributed by atoms with E-state index in [0.29, 0.717) is 5.56 Å². The minimum absolute atomic E-state index is 0.0163. The molecule has 0 saturated carbocycles. The zero-order chi connectivity index (χ0) is 17.7. The largest absolute Gasteiger partial charge is 0.269 e. The first-order chi connectivity index (χ1) is 11.3. The Hall–Kier alpha value is -2.58. The molecule has 8 heteroatoms. The third-order valence-corrected chi connectivity index (χ3v) is 5.09. The van der Waals surface area contributed by atoms with Crippen molar-refractivity contribution in [3.63, 3.8) is 0 Å². The zero-order valence-electron chi connectivity index (χ0n) is 12.6. The summed E-state index contributed by atoms with van der Waals surface area (Å²) < 4.78 is 39.5. The van der Waals surface area contributed by atoms with Gasteiger partial charge in [0, 0.05) is 25.2 Å². The van der Waals surface area contributed by atoms with E-state index < -0.39 is 20.8 Å². The molecule has 2 aromatic rings. The van der Waals surface area contributed by atoms with Crippen LogP contribution in [0, 0.1) is 15.9 Å². The molecule has 0 aliphatic rings. The molecular weight excluding hydrogens is 335 g/mol. The molecule has 0 spiro atoms. The lowest BCUT2D eigenvalue weighted by atomic mass is 10.2. The topological polar surface area (TPSA) is 80.5 Å². The summed E-state index contributed by atoms with van der Waals surface area (Å²) in [4.78, 5) is 10.2. The van der Waals surface area contributed by atoms with Crippen LogP contribution in [0.25, 0.3) is 0 Å². The molecule has 0 atom stereocenters. The fourth-order valence-electron chi connectivity index (χ4n) is 2.12. The van der Waals surface area contributed by atoms with Gasteiger partial charge < -0.3 is 0 Å². The molecule has 0 aromatic heterocycles. The third-order valence-electron chi connectivity index (χ3n) is 3.26. The summed E-state index contributed by atoms with van der Waals surface area (Å²) >= 11 is 0. The van der Waals surface area contributed by atoms with Crippen LogP contribution in [0.15, 0.2) is 66.1 Å². The number of halogens is 1. The Morgan fingerprint density at radius 3 is 2.46 bits per heavy atom. The number of nitro benzene ring substituents is 1. The van der Waals surface area contributed by atoms with Crippen molar-refractivity contribution < 1.29 is 17.7 Å². The van der Waals surface area contributed by atoms with Crippen LogP contribution < -0.4 is 0 Å². The van der Waals surface area contributed by atoms with E-state index in [1.165, 1.54) is 36.4 Å². The molecule has 2 aromatic carbocycles. The van der Waals surface area contributed by atoms with Crippen LogP contribution in [0.5, 0.6) is 0 Å². The number of nitro groups is 1. The Morgan fingerprint density at radius 2 is 1.88 bits per heavy atom. The van der Waals surface area contributed by atoms with Crippen LogP contribution in [0.3, 0.4) is 0 Å². The molecule has 24 heavy (non-hydrogen) atoms. The minimum Gasteiger partial charge on any atom is -0.258 e. The molecule has 0 amide bonds. The molecule has 6 nitrogen and oxygen atoms in total. The van der Waals surface area contributed by atoms with E-state index in [2.05, 4.69) is 6.58 Å². The molecule has 0 saturated heterocycles. The predicted molar refractivity (Wildman–Crippen MR) is 87.3 cm³/mol. The van der Waals surface area contributed by atoms with Crippen LogP contribution in [0.2, 0.25) is 0 Å². The van der Waals surface area contributed by atoms with E-state index in [0.717, 1.165) is 16.4 Å². The Kier molecular flexibility index (Phi) is 5.42. The van der Waals surface area contributed by atoms with Crippen LogP contribution >= 0.6 is 0 Å². The van der Waals surface area contributed by atoms with Gasteiger partial charge in [-0.15, -0.1) is 6.58 Å². The zero-order valence-corrected chi connectivity index (χ0v) is 13.4. The van der Waals surface area contributed by atoms with Crippen LogP contribution in [0.1, 0.15) is 5.56 Å². The highest BCUT2D eigenvalue weighted by Crippen LogP contribution is 2.21. The number of rotatable bonds is 7. The normalized spacial score (nSPS) is 11.4. The standard InChI is InChI=1S/C16H15FN2O4S/c1-2-10-18(12-13-4-3-5-15(11-13)19(20)21)24(22,23)16-8-6-14(17)7-9-16/h2-9,11H,1,10,12H2. The molecule has 0 fully saturated rings. The molecule has 0 N–H and O–H groups in total. The van der Waals surface area contributed by atoms with Gasteiger partial charge in [0.15, 0.2) is 0 Å². The second-order valence-corrected chi connectivity index (χ2v) is 6.91. The van der Waals surface area contributed by atoms with E-state index in [9.17, 15) is 22.9 Å². The average molecular weight is 350 g/mol. The van der Waals surface area contributed by atoms with Gasteiger partial charge in [0.1, 0.15) is 5.82 Å². The van der Waals surface area contributed by atoms with Gasteiger partial charge in [-0.05, 0) is 29.8 Å². The Labute approximate surface area is 139 Å². The quantitative estimate of drug-likeness (QED) is 0.436. The number of hydrogen-bond donors (Lipinski definition) is 0. The van der Waals surface area contributed by atoms with Crippen LogP contribution in [0.4, 0.5) is 10.1 Å². The van der Waals surface area contributed by atoms with Gasteiger partial charge in [-0.2, -0.15) is 4.31 Å². The van der Waals surface area contributed by atoms with Crippen molar-refractivity contribution in [1.82, 2.24) is 4.31 Å². The number of nitrogens with zero attached hydrogens (tertiary/aromatic N) is 2. The van der Waals surface area contributed by atoms with Crippen molar-refractivity contribution in [2.75, 3.05) is 6.54 Å². The number of non-ortho nitro benzene ring substituents is 1. The highest BCUT2D eigenvalue weighted by atomic mass is 32.2. The molecule has 2 rings (SSSR count). The number of benzene rings is 2. The van der Waals surface area contributed by atoms with Gasteiger partial charge >= 0.3 is 0 Å². The van der Waals surface area contributed by atoms with Gasteiger partial charge in [0.05, 0.1) is 9.82 Å². The number of hydrogen-bond acceptors (Lipinski definition) is 4. The Morgan fingerprint density at radius 1 is 1.21 bits per heavy atom. The molecule has 0 unspecified atom stereocenters. The first-order valence-corrected chi connectivity index (χ1v) is 8.38. The van der Waals surface area contributed by atoms with Crippen molar-refractivity contribution in [2.24, 2.45) is 0 Å². The van der Waals surface area contributed by atoms with E-state index in [1.54, 1.807) is 6.07 Å². The Bertz CT molecular complexity index is 851. The van der Waals surface area contributed by atoms with E-state index in [4.69, 9.17) is 0 Å². The van der Waals surface area contributed by atoms with Gasteiger partial charge in [0.2, 0.25) is 10.0 Å². The second kappa shape index (κ2) is 7.33. The van der Waals surface area contributed by atoms with Crippen LogP contribution in [-0.2, 0) is 16.6 Å². The van der Waals surface area contributed by atoms with Gasteiger partial charge in [-0.1, -0.05) is 18.2 Å². The predicted octanol–water partition coefficient (Wildman–Crippen LogP) is 3.11.